The number of benzene rings is 1. The van der Waals surface area contributed by atoms with E-state index in [-0.39, 0.29) is 6.04 Å². The molecule has 4 heteroatoms. The molecular formula is C13H19F2NO. The molecule has 0 heterocycles. The minimum atomic E-state index is -0.533. The van der Waals surface area contributed by atoms with Crippen LogP contribution in [0.4, 0.5) is 8.78 Å². The number of nitrogens with one attached hydrogen (secondary N) is 1. The SMILES string of the molecule is CCNC(CCCOC)c1cc(F)cc(F)c1. The van der Waals surface area contributed by atoms with Crippen LogP contribution in [0.3, 0.4) is 0 Å². The number of hydrogen-bond acceptors (Lipinski definition) is 2. The predicted molar refractivity (Wildman–Crippen MR) is 63.9 cm³/mol. The molecule has 0 aliphatic rings. The van der Waals surface area contributed by atoms with E-state index in [1.54, 1.807) is 7.11 Å². The van der Waals surface area contributed by atoms with E-state index < -0.39 is 11.6 Å². The van der Waals surface area contributed by atoms with Crippen LogP contribution in [0.15, 0.2) is 18.2 Å². The minimum absolute atomic E-state index is 0.0275. The average molecular weight is 243 g/mol. The topological polar surface area (TPSA) is 21.3 Å². The standard InChI is InChI=1S/C13H19F2NO/c1-3-16-13(5-4-6-17-2)10-7-11(14)9-12(15)8-10/h7-9,13,16H,3-6H2,1-2H3. The van der Waals surface area contributed by atoms with Crippen molar-refractivity contribution in [1.29, 1.82) is 0 Å². The van der Waals surface area contributed by atoms with Crippen molar-refractivity contribution in [3.8, 4) is 0 Å². The Morgan fingerprint density at radius 1 is 1.24 bits per heavy atom. The molecule has 0 fully saturated rings. The third-order valence-corrected chi connectivity index (χ3v) is 2.58. The third-order valence-electron chi connectivity index (χ3n) is 2.58. The molecule has 0 saturated carbocycles. The van der Waals surface area contributed by atoms with Crippen LogP contribution in [-0.4, -0.2) is 20.3 Å². The Balaban J connectivity index is 2.73. The van der Waals surface area contributed by atoms with E-state index in [4.69, 9.17) is 4.74 Å². The molecule has 0 aliphatic heterocycles. The summed E-state index contributed by atoms with van der Waals surface area (Å²) in [7, 11) is 1.64. The van der Waals surface area contributed by atoms with E-state index in [1.165, 1.54) is 12.1 Å². The van der Waals surface area contributed by atoms with Gasteiger partial charge in [-0.1, -0.05) is 6.92 Å². The molecule has 0 bridgehead atoms. The summed E-state index contributed by atoms with van der Waals surface area (Å²) in [4.78, 5) is 0. The van der Waals surface area contributed by atoms with E-state index in [0.29, 0.717) is 12.2 Å². The number of ether oxygens (including phenoxy) is 1. The third kappa shape index (κ3) is 4.79. The molecule has 1 unspecified atom stereocenters. The maximum Gasteiger partial charge on any atom is 0.126 e. The summed E-state index contributed by atoms with van der Waals surface area (Å²) >= 11 is 0. The summed E-state index contributed by atoms with van der Waals surface area (Å²) in [6.07, 6.45) is 1.65. The first kappa shape index (κ1) is 14.1. The van der Waals surface area contributed by atoms with Gasteiger partial charge in [0.05, 0.1) is 0 Å². The Bertz CT molecular complexity index is 324. The molecule has 1 rings (SSSR count). The molecule has 0 aromatic heterocycles. The molecule has 2 nitrogen and oxygen atoms in total. The predicted octanol–water partition coefficient (Wildman–Crippen LogP) is 3.04. The molecule has 17 heavy (non-hydrogen) atoms. The zero-order valence-electron chi connectivity index (χ0n) is 10.3. The normalized spacial score (nSPS) is 12.7. The van der Waals surface area contributed by atoms with E-state index in [0.717, 1.165) is 25.5 Å². The Kier molecular flexibility index (Phi) is 6.08. The zero-order chi connectivity index (χ0) is 12.7. The van der Waals surface area contributed by atoms with Crippen molar-refractivity contribution >= 4 is 0 Å². The van der Waals surface area contributed by atoms with Crippen molar-refractivity contribution in [2.75, 3.05) is 20.3 Å². The highest BCUT2D eigenvalue weighted by Crippen LogP contribution is 2.20. The van der Waals surface area contributed by atoms with Crippen molar-refractivity contribution in [3.05, 3.63) is 35.4 Å². The maximum absolute atomic E-state index is 13.1. The van der Waals surface area contributed by atoms with E-state index in [9.17, 15) is 8.78 Å². The van der Waals surface area contributed by atoms with Gasteiger partial charge in [-0.2, -0.15) is 0 Å². The summed E-state index contributed by atoms with van der Waals surface area (Å²) < 4.78 is 31.2. The largest absolute Gasteiger partial charge is 0.385 e. The fourth-order valence-electron chi connectivity index (χ4n) is 1.84. The van der Waals surface area contributed by atoms with Crippen LogP contribution in [0.2, 0.25) is 0 Å². The molecule has 0 saturated heterocycles. The summed E-state index contributed by atoms with van der Waals surface area (Å²) in [6, 6.07) is 3.62. The molecule has 96 valence electrons. The molecule has 1 atom stereocenters. The molecule has 1 aromatic carbocycles. The van der Waals surface area contributed by atoms with Gasteiger partial charge in [-0.15, -0.1) is 0 Å². The molecule has 1 aromatic rings. The summed E-state index contributed by atoms with van der Waals surface area (Å²) in [5.74, 6) is -1.07. The highest BCUT2D eigenvalue weighted by Gasteiger charge is 2.12. The first-order valence-corrected chi connectivity index (χ1v) is 5.85. The second kappa shape index (κ2) is 7.35. The Hall–Kier alpha value is -1.00. The lowest BCUT2D eigenvalue weighted by molar-refractivity contribution is 0.189. The van der Waals surface area contributed by atoms with Crippen molar-refractivity contribution in [2.45, 2.75) is 25.8 Å². The smallest absolute Gasteiger partial charge is 0.126 e. The van der Waals surface area contributed by atoms with Gasteiger partial charge >= 0.3 is 0 Å². The van der Waals surface area contributed by atoms with Crippen LogP contribution in [0, 0.1) is 11.6 Å². The van der Waals surface area contributed by atoms with Gasteiger partial charge in [0, 0.05) is 25.8 Å². The molecule has 1 N–H and O–H groups in total. The van der Waals surface area contributed by atoms with Gasteiger partial charge < -0.3 is 10.1 Å². The lowest BCUT2D eigenvalue weighted by Crippen LogP contribution is -2.21. The molecule has 0 aliphatic carbocycles. The van der Waals surface area contributed by atoms with Crippen molar-refractivity contribution in [3.63, 3.8) is 0 Å². The highest BCUT2D eigenvalue weighted by molar-refractivity contribution is 5.21. The van der Waals surface area contributed by atoms with Crippen LogP contribution >= 0.6 is 0 Å². The van der Waals surface area contributed by atoms with Gasteiger partial charge in [0.25, 0.3) is 0 Å². The summed E-state index contributed by atoms with van der Waals surface area (Å²) in [5.41, 5.74) is 0.653. The summed E-state index contributed by atoms with van der Waals surface area (Å²) in [6.45, 7) is 3.38. The van der Waals surface area contributed by atoms with Crippen LogP contribution in [0.1, 0.15) is 31.4 Å². The van der Waals surface area contributed by atoms with E-state index >= 15 is 0 Å². The van der Waals surface area contributed by atoms with Gasteiger partial charge in [0.15, 0.2) is 0 Å². The van der Waals surface area contributed by atoms with Crippen LogP contribution in [0.25, 0.3) is 0 Å². The number of hydrogen-bond donors (Lipinski definition) is 1. The van der Waals surface area contributed by atoms with Crippen molar-refractivity contribution in [1.82, 2.24) is 5.32 Å². The van der Waals surface area contributed by atoms with E-state index in [2.05, 4.69) is 5.32 Å². The van der Waals surface area contributed by atoms with Gasteiger partial charge in [-0.25, -0.2) is 8.78 Å². The van der Waals surface area contributed by atoms with Crippen LogP contribution < -0.4 is 5.32 Å². The first-order chi connectivity index (χ1) is 8.17. The number of rotatable bonds is 7. The second-order valence-corrected chi connectivity index (χ2v) is 3.95. The van der Waals surface area contributed by atoms with Crippen molar-refractivity contribution < 1.29 is 13.5 Å². The van der Waals surface area contributed by atoms with Crippen LogP contribution in [0.5, 0.6) is 0 Å². The van der Waals surface area contributed by atoms with Gasteiger partial charge in [0.2, 0.25) is 0 Å². The quantitative estimate of drug-likeness (QED) is 0.743. The minimum Gasteiger partial charge on any atom is -0.385 e. The first-order valence-electron chi connectivity index (χ1n) is 5.85. The Morgan fingerprint density at radius 2 is 1.88 bits per heavy atom. The lowest BCUT2D eigenvalue weighted by Gasteiger charge is -2.18. The van der Waals surface area contributed by atoms with Gasteiger partial charge in [-0.3, -0.25) is 0 Å². The maximum atomic E-state index is 13.1. The number of methoxy groups -OCH3 is 1. The van der Waals surface area contributed by atoms with Crippen LogP contribution in [-0.2, 0) is 4.74 Å². The van der Waals surface area contributed by atoms with E-state index in [1.807, 2.05) is 6.92 Å². The Labute approximate surface area is 101 Å². The molecule has 0 amide bonds. The molecular weight excluding hydrogens is 224 g/mol. The second-order valence-electron chi connectivity index (χ2n) is 3.95. The average Bonchev–Trinajstić information content (AvgIpc) is 2.27. The van der Waals surface area contributed by atoms with Crippen molar-refractivity contribution in [2.24, 2.45) is 0 Å². The molecule has 0 spiro atoms. The van der Waals surface area contributed by atoms with Gasteiger partial charge in [-0.05, 0) is 37.1 Å². The summed E-state index contributed by atoms with van der Waals surface area (Å²) in [5, 5.41) is 3.22. The Morgan fingerprint density at radius 3 is 2.41 bits per heavy atom. The fourth-order valence-corrected chi connectivity index (χ4v) is 1.84. The monoisotopic (exact) mass is 243 g/mol. The number of halogens is 2. The zero-order valence-corrected chi connectivity index (χ0v) is 10.3. The lowest BCUT2D eigenvalue weighted by atomic mass is 10.0. The molecule has 0 radical (unpaired) electrons. The highest BCUT2D eigenvalue weighted by atomic mass is 19.1. The fraction of sp³-hybridized carbons (Fsp3) is 0.538. The van der Waals surface area contributed by atoms with Gasteiger partial charge in [0.1, 0.15) is 11.6 Å².